The van der Waals surface area contributed by atoms with Crippen molar-refractivity contribution in [2.75, 3.05) is 13.1 Å². The van der Waals surface area contributed by atoms with Crippen LogP contribution in [0, 0.1) is 11.8 Å². The molecule has 1 saturated heterocycles. The molecule has 9 N–H and O–H groups in total. The Bertz CT molecular complexity index is 1600. The molecule has 7 amide bonds. The number of rotatable bonds is 25. The van der Waals surface area contributed by atoms with Gasteiger partial charge in [-0.25, -0.2) is 0 Å². The van der Waals surface area contributed by atoms with Gasteiger partial charge in [-0.15, -0.1) is 0 Å². The predicted molar refractivity (Wildman–Crippen MR) is 210 cm³/mol. The van der Waals surface area contributed by atoms with E-state index < -0.39 is 133 Å². The van der Waals surface area contributed by atoms with Gasteiger partial charge < -0.3 is 52.1 Å². The predicted octanol–water partition coefficient (Wildman–Crippen LogP) is -0.653. The Morgan fingerprint density at radius 2 is 1.20 bits per heavy atom. The normalized spacial score (nSPS) is 17.8. The second-order valence-electron chi connectivity index (χ2n) is 15.7. The maximum atomic E-state index is 14.4. The molecule has 0 radical (unpaired) electrons. The van der Waals surface area contributed by atoms with Crippen molar-refractivity contribution in [2.45, 2.75) is 154 Å². The number of aliphatic carboxylic acids is 3. The third-order valence-corrected chi connectivity index (χ3v) is 10.4. The molecular weight excluding hydrogens is 790 g/mol. The van der Waals surface area contributed by atoms with Gasteiger partial charge in [0.25, 0.3) is 5.91 Å². The molecule has 60 heavy (non-hydrogen) atoms. The highest BCUT2D eigenvalue weighted by Gasteiger charge is 2.41. The summed E-state index contributed by atoms with van der Waals surface area (Å²) < 4.78 is 0. The lowest BCUT2D eigenvalue weighted by atomic mass is 9.84. The number of hydrogen-bond donors (Lipinski definition) is 9. The molecule has 1 aliphatic carbocycles. The Labute approximate surface area is 348 Å². The van der Waals surface area contributed by atoms with Crippen LogP contribution in [0.1, 0.15) is 118 Å². The number of amides is 7. The molecule has 0 aromatic carbocycles. The first-order valence-electron chi connectivity index (χ1n) is 20.5. The number of carbonyl (C=O) groups is 11. The summed E-state index contributed by atoms with van der Waals surface area (Å²) in [6.45, 7) is 5.40. The first kappa shape index (κ1) is 50.5. The van der Waals surface area contributed by atoms with Crippen molar-refractivity contribution in [1.82, 2.24) is 36.8 Å². The lowest BCUT2D eigenvalue weighted by molar-refractivity contribution is -0.144. The third kappa shape index (κ3) is 16.9. The number of ketones is 1. The Morgan fingerprint density at radius 3 is 1.73 bits per heavy atom. The highest BCUT2D eigenvalue weighted by atomic mass is 16.4. The van der Waals surface area contributed by atoms with Gasteiger partial charge in [0.1, 0.15) is 36.8 Å². The molecule has 21 heteroatoms. The quantitative estimate of drug-likeness (QED) is 0.0516. The molecule has 1 saturated carbocycles. The summed E-state index contributed by atoms with van der Waals surface area (Å²) in [4.78, 5) is 141. The molecule has 0 spiro atoms. The zero-order chi connectivity index (χ0) is 45.1. The summed E-state index contributed by atoms with van der Waals surface area (Å²) in [7, 11) is 0. The van der Waals surface area contributed by atoms with E-state index in [9.17, 15) is 57.8 Å². The molecule has 2 fully saturated rings. The number of nitrogens with zero attached hydrogens (tertiary/aromatic N) is 1. The number of carbonyl (C=O) groups excluding carboxylic acids is 8. The van der Waals surface area contributed by atoms with E-state index >= 15 is 0 Å². The van der Waals surface area contributed by atoms with Crippen LogP contribution in [0.4, 0.5) is 0 Å². The second kappa shape index (κ2) is 25.1. The van der Waals surface area contributed by atoms with Gasteiger partial charge in [-0.3, -0.25) is 52.7 Å². The molecule has 21 nitrogen and oxygen atoms in total. The van der Waals surface area contributed by atoms with Gasteiger partial charge in [-0.05, 0) is 50.4 Å². The van der Waals surface area contributed by atoms with Crippen molar-refractivity contribution < 1.29 is 68.1 Å². The zero-order valence-corrected chi connectivity index (χ0v) is 34.7. The number of carboxylic acid groups (broad SMARTS) is 3. The second-order valence-corrected chi connectivity index (χ2v) is 15.7. The number of likely N-dealkylation sites (tertiary alicyclic amines) is 1. The van der Waals surface area contributed by atoms with E-state index in [0.29, 0.717) is 12.8 Å². The van der Waals surface area contributed by atoms with Crippen molar-refractivity contribution in [1.29, 1.82) is 0 Å². The average molecular weight is 852 g/mol. The fourth-order valence-corrected chi connectivity index (χ4v) is 7.35. The van der Waals surface area contributed by atoms with Crippen LogP contribution in [0.25, 0.3) is 0 Å². The van der Waals surface area contributed by atoms with E-state index in [0.717, 1.165) is 39.0 Å². The SMILES string of the molecule is CCCC(NC(=O)[C@@H]1CCCN1C(=O)[C@H](CC1CCCCC1)NC(=O)[C@@H](NC(=O)[C@H](CCC(=O)O)NC(=O)[C@H](CCC(=O)O)NC(C)=O)C(C)C)C(=O)C(=O)NCC(=O)O. The number of carboxylic acids is 3. The van der Waals surface area contributed by atoms with E-state index in [4.69, 9.17) is 10.2 Å². The van der Waals surface area contributed by atoms with Crippen molar-refractivity contribution in [2.24, 2.45) is 11.8 Å². The molecule has 2 aliphatic rings. The fraction of sp³-hybridized carbons (Fsp3) is 0.718. The van der Waals surface area contributed by atoms with Crippen LogP contribution in [0.15, 0.2) is 0 Å². The Kier molecular flexibility index (Phi) is 21.1. The van der Waals surface area contributed by atoms with E-state index in [1.807, 2.05) is 5.32 Å². The Morgan fingerprint density at radius 1 is 0.633 bits per heavy atom. The minimum Gasteiger partial charge on any atom is -0.481 e. The molecule has 1 heterocycles. The van der Waals surface area contributed by atoms with Gasteiger partial charge >= 0.3 is 17.9 Å². The maximum Gasteiger partial charge on any atom is 0.322 e. The summed E-state index contributed by atoms with van der Waals surface area (Å²) in [5.41, 5.74) is 0. The zero-order valence-electron chi connectivity index (χ0n) is 34.7. The van der Waals surface area contributed by atoms with Gasteiger partial charge in [0.15, 0.2) is 0 Å². The van der Waals surface area contributed by atoms with Crippen molar-refractivity contribution in [3.05, 3.63) is 0 Å². The molecule has 1 unspecified atom stereocenters. The van der Waals surface area contributed by atoms with Crippen LogP contribution in [-0.4, -0.2) is 135 Å². The third-order valence-electron chi connectivity index (χ3n) is 10.4. The molecule has 0 aromatic rings. The highest BCUT2D eigenvalue weighted by Crippen LogP contribution is 2.29. The molecule has 0 aromatic heterocycles. The van der Waals surface area contributed by atoms with Crippen LogP contribution in [0.3, 0.4) is 0 Å². The monoisotopic (exact) mass is 851 g/mol. The molecular formula is C39H61N7O14. The van der Waals surface area contributed by atoms with Gasteiger partial charge in [0, 0.05) is 26.3 Å². The number of Topliss-reactive ketones (excluding diaryl/α,β-unsaturated/α-hetero) is 1. The van der Waals surface area contributed by atoms with Gasteiger partial charge in [-0.2, -0.15) is 0 Å². The molecule has 0 bridgehead atoms. The van der Waals surface area contributed by atoms with Crippen LogP contribution in [-0.2, 0) is 52.7 Å². The van der Waals surface area contributed by atoms with Crippen molar-refractivity contribution in [3.63, 3.8) is 0 Å². The first-order valence-corrected chi connectivity index (χ1v) is 20.5. The first-order chi connectivity index (χ1) is 28.2. The standard InChI is InChI=1S/C39H61N7O14/c1-5-10-24(33(54)38(59)40-20-31(52)53)42-36(57)28-13-9-18-46(28)39(60)27(19-23-11-7-6-8-12-23)44-37(58)32(21(2)3)45-35(56)26(15-17-30(50)51)43-34(55)25(41-22(4)47)14-16-29(48)49/h21,23-28,32H,5-20H2,1-4H3,(H,40,59)(H,41,47)(H,42,57)(H,43,55)(H,44,58)(H,45,56)(H,48,49)(H,50,51)(H,52,53)/t24?,25-,26-,27-,28-,32-/m0/s1. The molecule has 1 aliphatic heterocycles. The van der Waals surface area contributed by atoms with Crippen LogP contribution >= 0.6 is 0 Å². The van der Waals surface area contributed by atoms with E-state index in [1.54, 1.807) is 20.8 Å². The van der Waals surface area contributed by atoms with Crippen molar-refractivity contribution in [3.8, 4) is 0 Å². The topological polar surface area (TPSA) is 324 Å². The van der Waals surface area contributed by atoms with Crippen LogP contribution in [0.2, 0.25) is 0 Å². The van der Waals surface area contributed by atoms with Crippen LogP contribution in [0.5, 0.6) is 0 Å². The number of nitrogens with one attached hydrogen (secondary N) is 6. The number of hydrogen-bond acceptors (Lipinski definition) is 11. The van der Waals surface area contributed by atoms with Crippen LogP contribution < -0.4 is 31.9 Å². The molecule has 2 rings (SSSR count). The summed E-state index contributed by atoms with van der Waals surface area (Å²) >= 11 is 0. The lowest BCUT2D eigenvalue weighted by Gasteiger charge is -2.33. The highest BCUT2D eigenvalue weighted by molar-refractivity contribution is 6.38. The Hall–Kier alpha value is -5.63. The molecule has 336 valence electrons. The summed E-state index contributed by atoms with van der Waals surface area (Å²) in [6.07, 6.45) is 3.86. The Balaban J connectivity index is 2.34. The van der Waals surface area contributed by atoms with E-state index in [1.165, 1.54) is 4.90 Å². The average Bonchev–Trinajstić information content (AvgIpc) is 3.68. The van der Waals surface area contributed by atoms with Gasteiger partial charge in [0.2, 0.25) is 41.2 Å². The van der Waals surface area contributed by atoms with Gasteiger partial charge in [0.05, 0.1) is 6.04 Å². The summed E-state index contributed by atoms with van der Waals surface area (Å²) in [5, 5.41) is 41.9. The largest absolute Gasteiger partial charge is 0.481 e. The minimum absolute atomic E-state index is 0.0409. The molecule has 6 atom stereocenters. The van der Waals surface area contributed by atoms with E-state index in [2.05, 4.69) is 26.6 Å². The summed E-state index contributed by atoms with van der Waals surface area (Å²) in [5.74, 6) is -11.3. The maximum absolute atomic E-state index is 14.4. The smallest absolute Gasteiger partial charge is 0.322 e. The fourth-order valence-electron chi connectivity index (χ4n) is 7.35. The van der Waals surface area contributed by atoms with Gasteiger partial charge in [-0.1, -0.05) is 59.3 Å². The summed E-state index contributed by atoms with van der Waals surface area (Å²) in [6, 6.07) is -7.71. The lowest BCUT2D eigenvalue weighted by Crippen LogP contribution is -2.60. The minimum atomic E-state index is -1.53. The van der Waals surface area contributed by atoms with E-state index in [-0.39, 0.29) is 38.1 Å². The van der Waals surface area contributed by atoms with Crippen molar-refractivity contribution >= 4 is 65.0 Å².